The highest BCUT2D eigenvalue weighted by molar-refractivity contribution is 5.81. The van der Waals surface area contributed by atoms with Crippen LogP contribution in [0.3, 0.4) is 0 Å². The first kappa shape index (κ1) is 17.5. The molecule has 2 aliphatic heterocycles. The third kappa shape index (κ3) is 4.41. The predicted molar refractivity (Wildman–Crippen MR) is 89.5 cm³/mol. The van der Waals surface area contributed by atoms with Crippen molar-refractivity contribution in [3.05, 3.63) is 0 Å². The summed E-state index contributed by atoms with van der Waals surface area (Å²) in [5.41, 5.74) is -0.458. The Hall–Kier alpha value is -1.30. The SMILES string of the molecule is CC(C)(C)OC(=O)N1CCC([C@@H]2OCC[C@H]2NC(=O)C2CC2)CC1. The molecule has 2 heterocycles. The molecule has 3 fully saturated rings. The summed E-state index contributed by atoms with van der Waals surface area (Å²) in [6.45, 7) is 7.77. The molecular weight excluding hydrogens is 308 g/mol. The molecule has 0 aromatic heterocycles. The number of nitrogens with one attached hydrogen (secondary N) is 1. The van der Waals surface area contributed by atoms with E-state index in [9.17, 15) is 9.59 Å². The molecule has 0 aromatic rings. The number of likely N-dealkylation sites (tertiary alicyclic amines) is 1. The molecule has 6 nitrogen and oxygen atoms in total. The van der Waals surface area contributed by atoms with Gasteiger partial charge in [0.25, 0.3) is 0 Å². The van der Waals surface area contributed by atoms with Crippen LogP contribution >= 0.6 is 0 Å². The lowest BCUT2D eigenvalue weighted by Crippen LogP contribution is -2.48. The van der Waals surface area contributed by atoms with Crippen molar-refractivity contribution in [3.8, 4) is 0 Å². The lowest BCUT2D eigenvalue weighted by Gasteiger charge is -2.36. The van der Waals surface area contributed by atoms with E-state index in [-0.39, 0.29) is 30.1 Å². The molecule has 1 N–H and O–H groups in total. The zero-order valence-corrected chi connectivity index (χ0v) is 15.0. The topological polar surface area (TPSA) is 67.9 Å². The van der Waals surface area contributed by atoms with Gasteiger partial charge in [-0.05, 0) is 58.8 Å². The van der Waals surface area contributed by atoms with E-state index in [1.54, 1.807) is 4.90 Å². The van der Waals surface area contributed by atoms with Gasteiger partial charge in [-0.1, -0.05) is 0 Å². The third-order valence-corrected chi connectivity index (χ3v) is 5.07. The molecule has 1 saturated carbocycles. The summed E-state index contributed by atoms with van der Waals surface area (Å²) >= 11 is 0. The zero-order chi connectivity index (χ0) is 17.3. The number of carbonyl (C=O) groups is 2. The highest BCUT2D eigenvalue weighted by Crippen LogP contribution is 2.32. The number of carbonyl (C=O) groups excluding carboxylic acids is 2. The van der Waals surface area contributed by atoms with E-state index in [1.165, 1.54) is 0 Å². The van der Waals surface area contributed by atoms with Crippen LogP contribution < -0.4 is 5.32 Å². The second kappa shape index (κ2) is 6.90. The van der Waals surface area contributed by atoms with Crippen molar-refractivity contribution >= 4 is 12.0 Å². The Kier molecular flexibility index (Phi) is 5.04. The van der Waals surface area contributed by atoms with E-state index < -0.39 is 5.60 Å². The van der Waals surface area contributed by atoms with Gasteiger partial charge in [0.2, 0.25) is 5.91 Å². The summed E-state index contributed by atoms with van der Waals surface area (Å²) in [5, 5.41) is 3.18. The Morgan fingerprint density at radius 2 is 1.75 bits per heavy atom. The van der Waals surface area contributed by atoms with Crippen molar-refractivity contribution < 1.29 is 19.1 Å². The number of amides is 2. The zero-order valence-electron chi connectivity index (χ0n) is 15.0. The maximum absolute atomic E-state index is 12.1. The van der Waals surface area contributed by atoms with E-state index in [0.717, 1.165) is 32.1 Å². The van der Waals surface area contributed by atoms with Crippen molar-refractivity contribution in [2.45, 2.75) is 70.6 Å². The third-order valence-electron chi connectivity index (χ3n) is 5.07. The van der Waals surface area contributed by atoms with Gasteiger partial charge in [0, 0.05) is 25.6 Å². The molecule has 6 heteroatoms. The van der Waals surface area contributed by atoms with Crippen LogP contribution in [0, 0.1) is 11.8 Å². The fourth-order valence-electron chi connectivity index (χ4n) is 3.61. The van der Waals surface area contributed by atoms with E-state index in [0.29, 0.717) is 25.6 Å². The highest BCUT2D eigenvalue weighted by Gasteiger charge is 2.40. The largest absolute Gasteiger partial charge is 0.444 e. The van der Waals surface area contributed by atoms with Crippen molar-refractivity contribution in [2.24, 2.45) is 11.8 Å². The van der Waals surface area contributed by atoms with E-state index in [1.807, 2.05) is 20.8 Å². The number of nitrogens with zero attached hydrogens (tertiary/aromatic N) is 1. The van der Waals surface area contributed by atoms with Crippen LogP contribution in [0.25, 0.3) is 0 Å². The fourth-order valence-corrected chi connectivity index (χ4v) is 3.61. The van der Waals surface area contributed by atoms with Gasteiger partial charge >= 0.3 is 6.09 Å². The minimum Gasteiger partial charge on any atom is -0.444 e. The summed E-state index contributed by atoms with van der Waals surface area (Å²) in [5.74, 6) is 0.831. The first-order chi connectivity index (χ1) is 11.3. The molecule has 3 rings (SSSR count). The van der Waals surface area contributed by atoms with Gasteiger partial charge < -0.3 is 19.7 Å². The van der Waals surface area contributed by atoms with Crippen LogP contribution in [-0.4, -0.2) is 54.3 Å². The molecule has 0 aromatic carbocycles. The maximum Gasteiger partial charge on any atom is 0.410 e. The normalized spacial score (nSPS) is 28.7. The van der Waals surface area contributed by atoms with Crippen LogP contribution in [0.4, 0.5) is 4.79 Å². The maximum atomic E-state index is 12.1. The first-order valence-corrected chi connectivity index (χ1v) is 9.23. The fraction of sp³-hybridized carbons (Fsp3) is 0.889. The van der Waals surface area contributed by atoms with Crippen LogP contribution in [0.15, 0.2) is 0 Å². The molecule has 2 amide bonds. The Bertz CT molecular complexity index is 476. The number of piperidine rings is 1. The molecule has 136 valence electrons. The Morgan fingerprint density at radius 1 is 1.08 bits per heavy atom. The average Bonchev–Trinajstić information content (AvgIpc) is 3.26. The molecule has 1 aliphatic carbocycles. The van der Waals surface area contributed by atoms with Crippen molar-refractivity contribution in [1.82, 2.24) is 10.2 Å². The summed E-state index contributed by atoms with van der Waals surface area (Å²) in [4.78, 5) is 26.0. The predicted octanol–water partition coefficient (Wildman–Crippen LogP) is 2.32. The summed E-state index contributed by atoms with van der Waals surface area (Å²) in [7, 11) is 0. The van der Waals surface area contributed by atoms with E-state index >= 15 is 0 Å². The van der Waals surface area contributed by atoms with Crippen molar-refractivity contribution in [1.29, 1.82) is 0 Å². The molecule has 0 unspecified atom stereocenters. The van der Waals surface area contributed by atoms with Crippen LogP contribution in [-0.2, 0) is 14.3 Å². The van der Waals surface area contributed by atoms with Gasteiger partial charge in [-0.2, -0.15) is 0 Å². The molecular formula is C18H30N2O4. The van der Waals surface area contributed by atoms with Gasteiger partial charge in [0.1, 0.15) is 5.60 Å². The van der Waals surface area contributed by atoms with Gasteiger partial charge in [-0.25, -0.2) is 4.79 Å². The molecule has 2 saturated heterocycles. The standard InChI is InChI=1S/C18H30N2O4/c1-18(2,3)24-17(22)20-9-6-12(7-10-20)15-14(8-11-23-15)19-16(21)13-4-5-13/h12-15H,4-11H2,1-3H3,(H,19,21)/t14-,15+/m1/s1. The minimum absolute atomic E-state index is 0.0912. The summed E-state index contributed by atoms with van der Waals surface area (Å²) in [6.07, 6.45) is 4.62. The highest BCUT2D eigenvalue weighted by atomic mass is 16.6. The average molecular weight is 338 g/mol. The monoisotopic (exact) mass is 338 g/mol. The quantitative estimate of drug-likeness (QED) is 0.857. The van der Waals surface area contributed by atoms with Gasteiger partial charge in [-0.15, -0.1) is 0 Å². The molecule has 24 heavy (non-hydrogen) atoms. The minimum atomic E-state index is -0.458. The summed E-state index contributed by atoms with van der Waals surface area (Å²) in [6, 6.07) is 0.135. The van der Waals surface area contributed by atoms with Crippen LogP contribution in [0.2, 0.25) is 0 Å². The Balaban J connectivity index is 1.48. The second-order valence-electron chi connectivity index (χ2n) is 8.32. The van der Waals surface area contributed by atoms with Crippen LogP contribution in [0.5, 0.6) is 0 Å². The van der Waals surface area contributed by atoms with E-state index in [4.69, 9.17) is 9.47 Å². The Morgan fingerprint density at radius 3 is 2.33 bits per heavy atom. The number of ether oxygens (including phenoxy) is 2. The van der Waals surface area contributed by atoms with E-state index in [2.05, 4.69) is 5.32 Å². The number of hydrogen-bond donors (Lipinski definition) is 1. The molecule has 0 radical (unpaired) electrons. The number of rotatable bonds is 3. The number of hydrogen-bond acceptors (Lipinski definition) is 4. The lowest BCUT2D eigenvalue weighted by atomic mass is 9.87. The van der Waals surface area contributed by atoms with Crippen molar-refractivity contribution in [2.75, 3.05) is 19.7 Å². The second-order valence-corrected chi connectivity index (χ2v) is 8.32. The van der Waals surface area contributed by atoms with Crippen molar-refractivity contribution in [3.63, 3.8) is 0 Å². The van der Waals surface area contributed by atoms with Gasteiger partial charge in [0.05, 0.1) is 12.1 Å². The van der Waals surface area contributed by atoms with Gasteiger partial charge in [0.15, 0.2) is 0 Å². The van der Waals surface area contributed by atoms with Gasteiger partial charge in [-0.3, -0.25) is 4.79 Å². The molecule has 3 aliphatic rings. The molecule has 0 spiro atoms. The lowest BCUT2D eigenvalue weighted by molar-refractivity contribution is -0.123. The molecule has 2 atom stereocenters. The Labute approximate surface area is 144 Å². The summed E-state index contributed by atoms with van der Waals surface area (Å²) < 4.78 is 11.4. The first-order valence-electron chi connectivity index (χ1n) is 9.23. The van der Waals surface area contributed by atoms with Crippen LogP contribution in [0.1, 0.15) is 52.9 Å². The molecule has 0 bridgehead atoms. The smallest absolute Gasteiger partial charge is 0.410 e.